The fourth-order valence-corrected chi connectivity index (χ4v) is 3.03. The molecule has 1 aromatic carbocycles. The Morgan fingerprint density at radius 1 is 1.41 bits per heavy atom. The van der Waals surface area contributed by atoms with Crippen LogP contribution in [0.25, 0.3) is 0 Å². The number of carbonyl (C=O) groups is 1. The van der Waals surface area contributed by atoms with E-state index in [-0.39, 0.29) is 17.1 Å². The van der Waals surface area contributed by atoms with Gasteiger partial charge in [0.25, 0.3) is 5.69 Å². The van der Waals surface area contributed by atoms with E-state index in [9.17, 15) is 14.9 Å². The topological polar surface area (TPSA) is 81.9 Å². The Hall–Kier alpha value is -1.99. The summed E-state index contributed by atoms with van der Waals surface area (Å²) in [7, 11) is 0. The highest BCUT2D eigenvalue weighted by atomic mass is 16.6. The maximum absolute atomic E-state index is 11.4. The minimum absolute atomic E-state index is 0.0383. The molecule has 3 rings (SSSR count). The fraction of sp³-hybridized carbons (Fsp3) is 0.533. The fourth-order valence-electron chi connectivity index (χ4n) is 3.03. The number of Topliss-reactive ketones (excluding diaryl/α,β-unsaturated/α-hetero) is 1. The third kappa shape index (κ3) is 2.69. The van der Waals surface area contributed by atoms with Crippen LogP contribution in [0, 0.1) is 10.1 Å². The molecule has 2 saturated heterocycles. The Bertz CT molecular complexity index is 610. The van der Waals surface area contributed by atoms with Crippen molar-refractivity contribution in [2.24, 2.45) is 0 Å². The van der Waals surface area contributed by atoms with E-state index in [1.54, 1.807) is 12.1 Å². The summed E-state index contributed by atoms with van der Waals surface area (Å²) >= 11 is 0. The number of nitro groups is 1. The maximum atomic E-state index is 11.4. The molecule has 0 aliphatic carbocycles. The van der Waals surface area contributed by atoms with Gasteiger partial charge in [-0.2, -0.15) is 0 Å². The van der Waals surface area contributed by atoms with Crippen LogP contribution in [-0.2, 0) is 9.47 Å². The first-order valence-electron chi connectivity index (χ1n) is 7.27. The van der Waals surface area contributed by atoms with Gasteiger partial charge < -0.3 is 14.4 Å². The van der Waals surface area contributed by atoms with Gasteiger partial charge in [0, 0.05) is 37.7 Å². The van der Waals surface area contributed by atoms with Crippen molar-refractivity contribution in [1.82, 2.24) is 0 Å². The molecular weight excluding hydrogens is 288 g/mol. The highest BCUT2D eigenvalue weighted by Gasteiger charge is 2.41. The van der Waals surface area contributed by atoms with Gasteiger partial charge in [0.2, 0.25) is 0 Å². The molecule has 0 saturated carbocycles. The number of ether oxygens (including phenoxy) is 2. The zero-order valence-electron chi connectivity index (χ0n) is 12.4. The molecule has 1 aromatic rings. The zero-order chi connectivity index (χ0) is 15.7. The lowest BCUT2D eigenvalue weighted by molar-refractivity contribution is -0.384. The number of nitrogens with zero attached hydrogens (tertiary/aromatic N) is 2. The minimum Gasteiger partial charge on any atom is -0.378 e. The second-order valence-corrected chi connectivity index (χ2v) is 5.77. The van der Waals surface area contributed by atoms with Crippen LogP contribution in [0.2, 0.25) is 0 Å². The van der Waals surface area contributed by atoms with E-state index >= 15 is 0 Å². The Balaban J connectivity index is 1.93. The van der Waals surface area contributed by atoms with Gasteiger partial charge in [0.05, 0.1) is 18.1 Å². The molecular formula is C15H18N2O5. The number of ketones is 1. The molecule has 1 spiro atoms. The second kappa shape index (κ2) is 5.66. The summed E-state index contributed by atoms with van der Waals surface area (Å²) in [5.74, 6) is -0.183. The van der Waals surface area contributed by atoms with Gasteiger partial charge in [-0.05, 0) is 19.1 Å². The molecule has 7 nitrogen and oxygen atoms in total. The maximum Gasteiger partial charge on any atom is 0.293 e. The lowest BCUT2D eigenvalue weighted by Crippen LogP contribution is -2.52. The smallest absolute Gasteiger partial charge is 0.293 e. The standard InChI is InChI=1S/C15H18N2O5/c1-11(18)12-2-3-13(14(8-12)17(19)20)16-5-7-22-15(9-16)4-6-21-10-15/h2-3,8H,4-7,9-10H2,1H3. The third-order valence-corrected chi connectivity index (χ3v) is 4.23. The zero-order valence-corrected chi connectivity index (χ0v) is 12.4. The third-order valence-electron chi connectivity index (χ3n) is 4.23. The first-order valence-corrected chi connectivity index (χ1v) is 7.27. The SMILES string of the molecule is CC(=O)c1ccc(N2CCOC3(CCOC3)C2)c([N+](=O)[O-])c1. The number of hydrogen-bond donors (Lipinski definition) is 0. The molecule has 0 aromatic heterocycles. The molecule has 2 heterocycles. The van der Waals surface area contributed by atoms with Crippen LogP contribution in [0.4, 0.5) is 11.4 Å². The van der Waals surface area contributed by atoms with Crippen molar-refractivity contribution in [1.29, 1.82) is 0 Å². The number of anilines is 1. The van der Waals surface area contributed by atoms with Crippen molar-refractivity contribution in [2.75, 3.05) is 37.8 Å². The molecule has 22 heavy (non-hydrogen) atoms. The average molecular weight is 306 g/mol. The summed E-state index contributed by atoms with van der Waals surface area (Å²) in [6, 6.07) is 4.65. The number of morpholine rings is 1. The van der Waals surface area contributed by atoms with E-state index in [4.69, 9.17) is 9.47 Å². The number of carbonyl (C=O) groups excluding carboxylic acids is 1. The van der Waals surface area contributed by atoms with E-state index in [0.717, 1.165) is 6.42 Å². The van der Waals surface area contributed by atoms with Crippen molar-refractivity contribution in [3.8, 4) is 0 Å². The van der Waals surface area contributed by atoms with Crippen LogP contribution in [0.15, 0.2) is 18.2 Å². The van der Waals surface area contributed by atoms with Crippen LogP contribution in [0.1, 0.15) is 23.7 Å². The summed E-state index contributed by atoms with van der Waals surface area (Å²) < 4.78 is 11.3. The quantitative estimate of drug-likeness (QED) is 0.481. The number of benzene rings is 1. The van der Waals surface area contributed by atoms with Crippen LogP contribution in [-0.4, -0.2) is 49.2 Å². The summed E-state index contributed by atoms with van der Waals surface area (Å²) in [5, 5.41) is 11.4. The lowest BCUT2D eigenvalue weighted by atomic mass is 9.99. The Morgan fingerprint density at radius 2 is 2.23 bits per heavy atom. The highest BCUT2D eigenvalue weighted by molar-refractivity contribution is 5.95. The van der Waals surface area contributed by atoms with Crippen molar-refractivity contribution < 1.29 is 19.2 Å². The van der Waals surface area contributed by atoms with Crippen LogP contribution < -0.4 is 4.90 Å². The van der Waals surface area contributed by atoms with Crippen LogP contribution in [0.5, 0.6) is 0 Å². The molecule has 0 radical (unpaired) electrons. The Labute approximate surface area is 128 Å². The predicted molar refractivity (Wildman–Crippen MR) is 79.4 cm³/mol. The van der Waals surface area contributed by atoms with E-state index in [2.05, 4.69) is 0 Å². The van der Waals surface area contributed by atoms with Crippen molar-refractivity contribution in [3.05, 3.63) is 33.9 Å². The Morgan fingerprint density at radius 3 is 2.86 bits per heavy atom. The number of rotatable bonds is 3. The second-order valence-electron chi connectivity index (χ2n) is 5.77. The van der Waals surface area contributed by atoms with E-state index in [1.165, 1.54) is 13.0 Å². The largest absolute Gasteiger partial charge is 0.378 e. The van der Waals surface area contributed by atoms with Gasteiger partial charge in [0.1, 0.15) is 11.3 Å². The molecule has 1 atom stereocenters. The first-order chi connectivity index (χ1) is 10.5. The molecule has 2 fully saturated rings. The first kappa shape index (κ1) is 14.9. The van der Waals surface area contributed by atoms with Gasteiger partial charge >= 0.3 is 0 Å². The molecule has 2 aliphatic rings. The number of hydrogen-bond acceptors (Lipinski definition) is 6. The molecule has 1 unspecified atom stereocenters. The average Bonchev–Trinajstić information content (AvgIpc) is 2.94. The highest BCUT2D eigenvalue weighted by Crippen LogP contribution is 2.35. The summed E-state index contributed by atoms with van der Waals surface area (Å²) in [6.45, 7) is 4.23. The van der Waals surface area contributed by atoms with Gasteiger partial charge in [-0.3, -0.25) is 14.9 Å². The predicted octanol–water partition coefficient (Wildman–Crippen LogP) is 1.79. The van der Waals surface area contributed by atoms with Gasteiger partial charge in [-0.1, -0.05) is 0 Å². The van der Waals surface area contributed by atoms with Gasteiger partial charge in [-0.25, -0.2) is 0 Å². The summed E-state index contributed by atoms with van der Waals surface area (Å²) in [5.41, 5.74) is 0.474. The lowest BCUT2D eigenvalue weighted by Gasteiger charge is -2.40. The molecule has 2 aliphatic heterocycles. The van der Waals surface area contributed by atoms with Gasteiger partial charge in [-0.15, -0.1) is 0 Å². The Kier molecular flexibility index (Phi) is 3.84. The monoisotopic (exact) mass is 306 g/mol. The van der Waals surface area contributed by atoms with Crippen molar-refractivity contribution >= 4 is 17.2 Å². The number of nitro benzene ring substituents is 1. The minimum atomic E-state index is -0.435. The van der Waals surface area contributed by atoms with E-state index < -0.39 is 4.92 Å². The molecule has 7 heteroatoms. The van der Waals surface area contributed by atoms with Crippen molar-refractivity contribution in [2.45, 2.75) is 18.9 Å². The summed E-state index contributed by atoms with van der Waals surface area (Å²) in [4.78, 5) is 24.3. The summed E-state index contributed by atoms with van der Waals surface area (Å²) in [6.07, 6.45) is 0.794. The van der Waals surface area contributed by atoms with Gasteiger partial charge in [0.15, 0.2) is 5.78 Å². The van der Waals surface area contributed by atoms with Crippen LogP contribution in [0.3, 0.4) is 0 Å². The molecule has 118 valence electrons. The van der Waals surface area contributed by atoms with E-state index in [1.807, 2.05) is 4.90 Å². The van der Waals surface area contributed by atoms with E-state index in [0.29, 0.717) is 44.2 Å². The molecule has 0 N–H and O–H groups in total. The molecule has 0 bridgehead atoms. The molecule has 0 amide bonds. The normalized spacial score (nSPS) is 24.7. The van der Waals surface area contributed by atoms with Crippen molar-refractivity contribution in [3.63, 3.8) is 0 Å². The van der Waals surface area contributed by atoms with Crippen LogP contribution >= 0.6 is 0 Å².